The van der Waals surface area contributed by atoms with Gasteiger partial charge in [-0.2, -0.15) is 0 Å². The average molecular weight is 418 g/mol. The Balaban J connectivity index is 1.73. The third-order valence-corrected chi connectivity index (χ3v) is 6.20. The van der Waals surface area contributed by atoms with Gasteiger partial charge in [0.25, 0.3) is 0 Å². The maximum atomic E-state index is 5.66. The Morgan fingerprint density at radius 2 is 2.20 bits per heavy atom. The van der Waals surface area contributed by atoms with Gasteiger partial charge < -0.3 is 9.64 Å². The predicted molar refractivity (Wildman–Crippen MR) is 106 cm³/mol. The molecular formula is C19H20BrN3OS. The number of fused-ring (bicyclic) bond motifs is 1. The van der Waals surface area contributed by atoms with Crippen molar-refractivity contribution in [1.29, 1.82) is 0 Å². The molecule has 3 heterocycles. The maximum absolute atomic E-state index is 5.66. The van der Waals surface area contributed by atoms with E-state index in [0.29, 0.717) is 11.9 Å². The Kier molecular flexibility index (Phi) is 4.73. The summed E-state index contributed by atoms with van der Waals surface area (Å²) in [5, 5.41) is 1.70. The first-order chi connectivity index (χ1) is 12.2. The molecule has 25 heavy (non-hydrogen) atoms. The first kappa shape index (κ1) is 16.9. The number of hydrogen-bond acceptors (Lipinski definition) is 5. The highest BCUT2D eigenvalue weighted by Crippen LogP contribution is 2.48. The van der Waals surface area contributed by atoms with Gasteiger partial charge in [-0.05, 0) is 52.7 Å². The van der Waals surface area contributed by atoms with Crippen LogP contribution in [0.15, 0.2) is 52.1 Å². The van der Waals surface area contributed by atoms with E-state index in [-0.39, 0.29) is 12.1 Å². The number of rotatable bonds is 4. The second-order valence-electron chi connectivity index (χ2n) is 6.26. The topological polar surface area (TPSA) is 37.7 Å². The van der Waals surface area contributed by atoms with E-state index in [1.807, 2.05) is 43.1 Å². The second-order valence-corrected chi connectivity index (χ2v) is 8.52. The predicted octanol–water partition coefficient (Wildman–Crippen LogP) is 4.83. The lowest BCUT2D eigenvalue weighted by Gasteiger charge is -2.27. The molecular weight excluding hydrogens is 398 g/mol. The fraction of sp³-hybridized carbons (Fsp3) is 0.368. The number of amidine groups is 1. The minimum atomic E-state index is 0.0287. The molecule has 3 atom stereocenters. The zero-order chi connectivity index (χ0) is 17.4. The number of aliphatic imine (C=N–C) groups is 1. The molecule has 4 rings (SSSR count). The number of aromatic nitrogens is 1. The van der Waals surface area contributed by atoms with Crippen LogP contribution in [0.25, 0.3) is 0 Å². The maximum Gasteiger partial charge on any atom is 0.160 e. The molecule has 1 saturated heterocycles. The number of ether oxygens (including phenoxy) is 1. The van der Waals surface area contributed by atoms with Crippen molar-refractivity contribution in [2.45, 2.75) is 31.2 Å². The first-order valence-electron chi connectivity index (χ1n) is 8.51. The van der Waals surface area contributed by atoms with Gasteiger partial charge in [-0.1, -0.05) is 30.8 Å². The molecule has 1 aromatic heterocycles. The van der Waals surface area contributed by atoms with Gasteiger partial charge in [0.15, 0.2) is 5.17 Å². The van der Waals surface area contributed by atoms with Gasteiger partial charge in [0.2, 0.25) is 0 Å². The number of halogens is 1. The van der Waals surface area contributed by atoms with Crippen LogP contribution in [0.5, 0.6) is 5.75 Å². The number of hydrogen-bond donors (Lipinski definition) is 0. The molecule has 4 nitrogen and oxygen atoms in total. The van der Waals surface area contributed by atoms with Crippen molar-refractivity contribution < 1.29 is 4.74 Å². The molecule has 0 bridgehead atoms. The highest BCUT2D eigenvalue weighted by Gasteiger charge is 2.43. The van der Waals surface area contributed by atoms with Crippen molar-refractivity contribution in [2.75, 3.05) is 13.2 Å². The lowest BCUT2D eigenvalue weighted by Crippen LogP contribution is -2.28. The van der Waals surface area contributed by atoms with Gasteiger partial charge in [-0.3, -0.25) is 9.98 Å². The SMILES string of the molecule is CCOc1ccc([C@@H]2[C@H](c3ccccn3)N=C3S[C@@H](C)CN32)cc1Br. The fourth-order valence-electron chi connectivity index (χ4n) is 3.45. The van der Waals surface area contributed by atoms with E-state index >= 15 is 0 Å². The molecule has 1 fully saturated rings. The second kappa shape index (κ2) is 7.00. The molecule has 0 unspecified atom stereocenters. The Morgan fingerprint density at radius 3 is 2.92 bits per heavy atom. The average Bonchev–Trinajstić information content (AvgIpc) is 3.13. The summed E-state index contributed by atoms with van der Waals surface area (Å²) in [6.45, 7) is 5.93. The van der Waals surface area contributed by atoms with Gasteiger partial charge in [0.1, 0.15) is 11.8 Å². The monoisotopic (exact) mass is 417 g/mol. The van der Waals surface area contributed by atoms with Crippen LogP contribution in [0.2, 0.25) is 0 Å². The van der Waals surface area contributed by atoms with Gasteiger partial charge in [-0.25, -0.2) is 0 Å². The van der Waals surface area contributed by atoms with E-state index in [1.54, 1.807) is 0 Å². The lowest BCUT2D eigenvalue weighted by atomic mass is 9.96. The van der Waals surface area contributed by atoms with E-state index in [9.17, 15) is 0 Å². The van der Waals surface area contributed by atoms with Crippen LogP contribution in [0.3, 0.4) is 0 Å². The molecule has 130 valence electrons. The lowest BCUT2D eigenvalue weighted by molar-refractivity contribution is 0.319. The Labute approximate surface area is 160 Å². The highest BCUT2D eigenvalue weighted by molar-refractivity contribution is 9.10. The first-order valence-corrected chi connectivity index (χ1v) is 10.2. The Morgan fingerprint density at radius 1 is 1.32 bits per heavy atom. The van der Waals surface area contributed by atoms with E-state index < -0.39 is 0 Å². The highest BCUT2D eigenvalue weighted by atomic mass is 79.9. The minimum Gasteiger partial charge on any atom is -0.493 e. The van der Waals surface area contributed by atoms with Crippen LogP contribution < -0.4 is 4.74 Å². The smallest absolute Gasteiger partial charge is 0.160 e. The van der Waals surface area contributed by atoms with Gasteiger partial charge >= 0.3 is 0 Å². The van der Waals surface area contributed by atoms with E-state index in [1.165, 1.54) is 5.56 Å². The van der Waals surface area contributed by atoms with Crippen molar-refractivity contribution in [3.63, 3.8) is 0 Å². The van der Waals surface area contributed by atoms with Gasteiger partial charge in [0.05, 0.1) is 22.8 Å². The Hall–Kier alpha value is -1.53. The standard InChI is InChI=1S/C19H20BrN3OS/c1-3-24-16-8-7-13(10-14(16)20)18-17(15-6-4-5-9-21-15)22-19-23(18)11-12(2)25-19/h4-10,12,17-18H,3,11H2,1-2H3/t12-,17-,18+/m0/s1. The van der Waals surface area contributed by atoms with Crippen LogP contribution in [0, 0.1) is 0 Å². The van der Waals surface area contributed by atoms with Crippen molar-refractivity contribution in [3.8, 4) is 5.75 Å². The molecule has 2 aromatic rings. The molecule has 1 aromatic carbocycles. The van der Waals surface area contributed by atoms with E-state index in [2.05, 4.69) is 50.9 Å². The largest absolute Gasteiger partial charge is 0.493 e. The summed E-state index contributed by atoms with van der Waals surface area (Å²) >= 11 is 5.51. The molecule has 0 spiro atoms. The Bertz CT molecular complexity index is 799. The summed E-state index contributed by atoms with van der Waals surface area (Å²) in [5.74, 6) is 0.879. The molecule has 0 amide bonds. The van der Waals surface area contributed by atoms with Crippen molar-refractivity contribution in [3.05, 3.63) is 58.3 Å². The van der Waals surface area contributed by atoms with Crippen molar-refractivity contribution >= 4 is 32.9 Å². The third-order valence-electron chi connectivity index (χ3n) is 4.48. The third kappa shape index (κ3) is 3.17. The van der Waals surface area contributed by atoms with Crippen LogP contribution in [-0.2, 0) is 0 Å². The van der Waals surface area contributed by atoms with Crippen LogP contribution >= 0.6 is 27.7 Å². The fourth-order valence-corrected chi connectivity index (χ4v) is 5.06. The zero-order valence-corrected chi connectivity index (χ0v) is 16.6. The summed E-state index contributed by atoms with van der Waals surface area (Å²) in [6, 6.07) is 12.6. The number of pyridine rings is 1. The van der Waals surface area contributed by atoms with E-state index in [4.69, 9.17) is 9.73 Å². The van der Waals surface area contributed by atoms with Crippen molar-refractivity contribution in [2.24, 2.45) is 4.99 Å². The molecule has 2 aliphatic heterocycles. The number of nitrogens with zero attached hydrogens (tertiary/aromatic N) is 3. The summed E-state index contributed by atoms with van der Waals surface area (Å²) in [5.41, 5.74) is 2.26. The minimum absolute atomic E-state index is 0.0287. The number of thioether (sulfide) groups is 1. The summed E-state index contributed by atoms with van der Waals surface area (Å²) in [6.07, 6.45) is 1.85. The van der Waals surface area contributed by atoms with Crippen LogP contribution in [-0.4, -0.2) is 33.5 Å². The zero-order valence-electron chi connectivity index (χ0n) is 14.2. The molecule has 6 heteroatoms. The molecule has 0 radical (unpaired) electrons. The summed E-state index contributed by atoms with van der Waals surface area (Å²) in [7, 11) is 0. The normalized spacial score (nSPS) is 25.0. The number of benzene rings is 1. The quantitative estimate of drug-likeness (QED) is 0.713. The molecule has 0 aliphatic carbocycles. The summed E-state index contributed by atoms with van der Waals surface area (Å²) in [4.78, 5) is 12.0. The van der Waals surface area contributed by atoms with Gasteiger partial charge in [0, 0.05) is 18.0 Å². The molecule has 2 aliphatic rings. The van der Waals surface area contributed by atoms with Crippen LogP contribution in [0.4, 0.5) is 0 Å². The van der Waals surface area contributed by atoms with E-state index in [0.717, 1.165) is 27.6 Å². The summed E-state index contributed by atoms with van der Waals surface area (Å²) < 4.78 is 6.65. The van der Waals surface area contributed by atoms with Crippen LogP contribution in [0.1, 0.15) is 37.2 Å². The molecule has 0 saturated carbocycles. The van der Waals surface area contributed by atoms with Crippen molar-refractivity contribution in [1.82, 2.24) is 9.88 Å². The molecule has 0 N–H and O–H groups in total. The van der Waals surface area contributed by atoms with Gasteiger partial charge in [-0.15, -0.1) is 0 Å².